The Morgan fingerprint density at radius 3 is 2.05 bits per heavy atom. The van der Waals surface area contributed by atoms with E-state index in [1.807, 2.05) is 34.6 Å². The van der Waals surface area contributed by atoms with E-state index in [2.05, 4.69) is 13.8 Å². The van der Waals surface area contributed by atoms with E-state index in [0.29, 0.717) is 5.75 Å². The zero-order valence-corrected chi connectivity index (χ0v) is 14.2. The third-order valence-electron chi connectivity index (χ3n) is 3.70. The Morgan fingerprint density at radius 1 is 1.10 bits per heavy atom. The molecule has 0 fully saturated rings. The SMILES string of the molecule is CC.Cc1c(C)c2c(c(C)c1O)CCC(C)(C)O2.O=CO. The zero-order valence-electron chi connectivity index (χ0n) is 14.2. The Morgan fingerprint density at radius 2 is 1.57 bits per heavy atom. The molecule has 2 N–H and O–H groups in total. The van der Waals surface area contributed by atoms with Crippen LogP contribution in [0.4, 0.5) is 0 Å². The number of aromatic hydroxyl groups is 1. The summed E-state index contributed by atoms with van der Waals surface area (Å²) in [6.07, 6.45) is 1.99. The van der Waals surface area contributed by atoms with Crippen LogP contribution in [0, 0.1) is 20.8 Å². The lowest BCUT2D eigenvalue weighted by Gasteiger charge is -2.35. The van der Waals surface area contributed by atoms with Gasteiger partial charge in [-0.2, -0.15) is 0 Å². The van der Waals surface area contributed by atoms with Crippen molar-refractivity contribution < 1.29 is 19.7 Å². The normalized spacial score (nSPS) is 14.4. The van der Waals surface area contributed by atoms with Gasteiger partial charge in [0.15, 0.2) is 0 Å². The van der Waals surface area contributed by atoms with Gasteiger partial charge in [0.05, 0.1) is 0 Å². The van der Waals surface area contributed by atoms with E-state index in [-0.39, 0.29) is 12.1 Å². The first-order valence-corrected chi connectivity index (χ1v) is 7.33. The van der Waals surface area contributed by atoms with Crippen molar-refractivity contribution in [1.82, 2.24) is 0 Å². The van der Waals surface area contributed by atoms with Gasteiger partial charge in [-0.3, -0.25) is 4.79 Å². The summed E-state index contributed by atoms with van der Waals surface area (Å²) in [6.45, 7) is 13.9. The standard InChI is InChI=1S/C14H20O2.C2H6.CH2O2/c1-8-9(2)13-11(10(3)12(8)15)6-7-14(4,5)16-13;1-2;2-1-3/h15H,6-7H2,1-5H3;1-2H3;1H,(H,2,3). The predicted molar refractivity (Wildman–Crippen MR) is 85.4 cm³/mol. The molecule has 0 saturated heterocycles. The lowest BCUT2D eigenvalue weighted by molar-refractivity contribution is -0.122. The van der Waals surface area contributed by atoms with Crippen molar-refractivity contribution in [3.63, 3.8) is 0 Å². The highest BCUT2D eigenvalue weighted by Crippen LogP contribution is 2.42. The summed E-state index contributed by atoms with van der Waals surface area (Å²) in [7, 11) is 0. The predicted octanol–water partition coefficient (Wildman–Crippen LogP) is 4.15. The van der Waals surface area contributed by atoms with Crippen LogP contribution in [0.15, 0.2) is 0 Å². The number of phenolic OH excluding ortho intramolecular Hbond substituents is 1. The molecule has 1 aromatic carbocycles. The fourth-order valence-corrected chi connectivity index (χ4v) is 2.36. The van der Waals surface area contributed by atoms with Crippen LogP contribution in [-0.4, -0.2) is 22.3 Å². The summed E-state index contributed by atoms with van der Waals surface area (Å²) in [5, 5.41) is 16.9. The van der Waals surface area contributed by atoms with Crippen molar-refractivity contribution in [1.29, 1.82) is 0 Å². The molecule has 0 spiro atoms. The third kappa shape index (κ3) is 4.38. The van der Waals surface area contributed by atoms with Crippen molar-refractivity contribution in [2.75, 3.05) is 0 Å². The second-order valence-electron chi connectivity index (χ2n) is 5.50. The molecule has 0 aliphatic carbocycles. The van der Waals surface area contributed by atoms with E-state index < -0.39 is 0 Å². The van der Waals surface area contributed by atoms with Crippen LogP contribution < -0.4 is 4.74 Å². The number of benzene rings is 1. The first kappa shape index (κ1) is 19.3. The molecule has 0 bridgehead atoms. The molecule has 21 heavy (non-hydrogen) atoms. The highest BCUT2D eigenvalue weighted by Gasteiger charge is 2.30. The fourth-order valence-electron chi connectivity index (χ4n) is 2.36. The second kappa shape index (κ2) is 7.91. The van der Waals surface area contributed by atoms with Crippen molar-refractivity contribution in [2.24, 2.45) is 0 Å². The van der Waals surface area contributed by atoms with Crippen LogP contribution >= 0.6 is 0 Å². The summed E-state index contributed by atoms with van der Waals surface area (Å²) in [4.78, 5) is 8.36. The molecule has 4 nitrogen and oxygen atoms in total. The van der Waals surface area contributed by atoms with Gasteiger partial charge in [-0.05, 0) is 64.2 Å². The molecule has 120 valence electrons. The van der Waals surface area contributed by atoms with Gasteiger partial charge in [0.25, 0.3) is 6.47 Å². The highest BCUT2D eigenvalue weighted by molar-refractivity contribution is 5.58. The van der Waals surface area contributed by atoms with Crippen LogP contribution in [0.1, 0.15) is 56.4 Å². The minimum Gasteiger partial charge on any atom is -0.507 e. The van der Waals surface area contributed by atoms with Crippen LogP contribution in [0.5, 0.6) is 11.5 Å². The van der Waals surface area contributed by atoms with Gasteiger partial charge >= 0.3 is 0 Å². The molecule has 0 aromatic heterocycles. The van der Waals surface area contributed by atoms with Gasteiger partial charge in [0, 0.05) is 5.56 Å². The van der Waals surface area contributed by atoms with Gasteiger partial charge in [-0.15, -0.1) is 0 Å². The lowest BCUT2D eigenvalue weighted by atomic mass is 9.88. The quantitative estimate of drug-likeness (QED) is 0.706. The Hall–Kier alpha value is -1.71. The van der Waals surface area contributed by atoms with Crippen molar-refractivity contribution in [2.45, 2.75) is 66.9 Å². The average molecular weight is 296 g/mol. The van der Waals surface area contributed by atoms with E-state index in [9.17, 15) is 5.11 Å². The van der Waals surface area contributed by atoms with E-state index >= 15 is 0 Å². The number of carbonyl (C=O) groups is 1. The van der Waals surface area contributed by atoms with E-state index in [1.165, 1.54) is 5.56 Å². The summed E-state index contributed by atoms with van der Waals surface area (Å²) in [6, 6.07) is 0. The maximum absolute atomic E-state index is 10.0. The molecule has 0 radical (unpaired) electrons. The summed E-state index contributed by atoms with van der Waals surface area (Å²) in [5.41, 5.74) is 4.08. The molecule has 1 heterocycles. The lowest BCUT2D eigenvalue weighted by Crippen LogP contribution is -2.33. The maximum atomic E-state index is 10.0. The molecule has 0 unspecified atom stereocenters. The Labute approximate surface area is 127 Å². The van der Waals surface area contributed by atoms with Gasteiger partial charge in [0.2, 0.25) is 0 Å². The molecule has 4 heteroatoms. The van der Waals surface area contributed by atoms with Crippen molar-refractivity contribution in [3.05, 3.63) is 22.3 Å². The number of phenols is 1. The molecule has 0 amide bonds. The summed E-state index contributed by atoms with van der Waals surface area (Å²) >= 11 is 0. The van der Waals surface area contributed by atoms with Crippen LogP contribution in [0.2, 0.25) is 0 Å². The first-order valence-electron chi connectivity index (χ1n) is 7.33. The minimum absolute atomic E-state index is 0.0897. The topological polar surface area (TPSA) is 66.8 Å². The Bertz CT molecular complexity index is 490. The number of ether oxygens (including phenoxy) is 1. The number of fused-ring (bicyclic) bond motifs is 1. The van der Waals surface area contributed by atoms with Crippen LogP contribution in [0.3, 0.4) is 0 Å². The molecular weight excluding hydrogens is 268 g/mol. The number of hydrogen-bond donors (Lipinski definition) is 2. The molecule has 1 aliphatic heterocycles. The second-order valence-corrected chi connectivity index (χ2v) is 5.50. The third-order valence-corrected chi connectivity index (χ3v) is 3.70. The number of carboxylic acid groups (broad SMARTS) is 1. The molecule has 0 atom stereocenters. The highest BCUT2D eigenvalue weighted by atomic mass is 16.5. The van der Waals surface area contributed by atoms with Gasteiger partial charge in [-0.25, -0.2) is 0 Å². The fraction of sp³-hybridized carbons (Fsp3) is 0.588. The zero-order chi connectivity index (χ0) is 16.8. The molecular formula is C17H28O4. The van der Waals surface area contributed by atoms with Crippen LogP contribution in [-0.2, 0) is 11.2 Å². The van der Waals surface area contributed by atoms with E-state index in [1.54, 1.807) is 0 Å². The van der Waals surface area contributed by atoms with E-state index in [0.717, 1.165) is 35.3 Å². The molecule has 1 aromatic rings. The summed E-state index contributed by atoms with van der Waals surface area (Å²) < 4.78 is 6.06. The number of rotatable bonds is 0. The molecule has 0 saturated carbocycles. The Balaban J connectivity index is 0.000000713. The molecule has 1 aliphatic rings. The van der Waals surface area contributed by atoms with Crippen molar-refractivity contribution >= 4 is 6.47 Å². The molecule has 2 rings (SSSR count). The van der Waals surface area contributed by atoms with Gasteiger partial charge < -0.3 is 14.9 Å². The summed E-state index contributed by atoms with van der Waals surface area (Å²) in [5.74, 6) is 1.42. The van der Waals surface area contributed by atoms with Crippen molar-refractivity contribution in [3.8, 4) is 11.5 Å². The van der Waals surface area contributed by atoms with E-state index in [4.69, 9.17) is 14.6 Å². The van der Waals surface area contributed by atoms with Gasteiger partial charge in [-0.1, -0.05) is 13.8 Å². The average Bonchev–Trinajstić information content (AvgIpc) is 2.45. The number of hydrogen-bond acceptors (Lipinski definition) is 3. The minimum atomic E-state index is -0.250. The maximum Gasteiger partial charge on any atom is 0.290 e. The largest absolute Gasteiger partial charge is 0.507 e. The monoisotopic (exact) mass is 296 g/mol. The van der Waals surface area contributed by atoms with Crippen LogP contribution in [0.25, 0.3) is 0 Å². The smallest absolute Gasteiger partial charge is 0.290 e. The Kier molecular flexibility index (Phi) is 7.27. The van der Waals surface area contributed by atoms with Gasteiger partial charge in [0.1, 0.15) is 17.1 Å². The first-order chi connectivity index (χ1) is 9.75.